The van der Waals surface area contributed by atoms with Crippen LogP contribution < -0.4 is 5.32 Å². The summed E-state index contributed by atoms with van der Waals surface area (Å²) in [5.41, 5.74) is -0.347. The standard InChI is InChI=1S/C11H13BrFNO2/c1-11(2,10(15)16)6-14-9-5-7(13)3-4-8(9)12/h3-5,14H,6H2,1-2H3,(H,15,16). The van der Waals surface area contributed by atoms with Crippen LogP contribution in [-0.4, -0.2) is 17.6 Å². The summed E-state index contributed by atoms with van der Waals surface area (Å²) in [6, 6.07) is 4.23. The van der Waals surface area contributed by atoms with Crippen molar-refractivity contribution in [1.82, 2.24) is 0 Å². The van der Waals surface area contributed by atoms with E-state index in [2.05, 4.69) is 21.2 Å². The summed E-state index contributed by atoms with van der Waals surface area (Å²) in [6.45, 7) is 3.44. The minimum atomic E-state index is -0.897. The van der Waals surface area contributed by atoms with Gasteiger partial charge in [0.05, 0.1) is 11.1 Å². The molecular weight excluding hydrogens is 277 g/mol. The zero-order valence-corrected chi connectivity index (χ0v) is 10.6. The molecule has 0 saturated heterocycles. The van der Waals surface area contributed by atoms with Gasteiger partial charge in [-0.1, -0.05) is 0 Å². The molecule has 1 rings (SSSR count). The van der Waals surface area contributed by atoms with Gasteiger partial charge in [-0.15, -0.1) is 0 Å². The van der Waals surface area contributed by atoms with E-state index in [-0.39, 0.29) is 12.4 Å². The Kier molecular flexibility index (Phi) is 3.91. The molecule has 3 nitrogen and oxygen atoms in total. The molecule has 0 atom stereocenters. The van der Waals surface area contributed by atoms with Gasteiger partial charge in [-0.05, 0) is 48.0 Å². The van der Waals surface area contributed by atoms with Gasteiger partial charge in [-0.25, -0.2) is 4.39 Å². The van der Waals surface area contributed by atoms with Crippen molar-refractivity contribution < 1.29 is 14.3 Å². The first kappa shape index (κ1) is 13.0. The molecule has 88 valence electrons. The van der Waals surface area contributed by atoms with Gasteiger partial charge in [0.2, 0.25) is 0 Å². The Bertz CT molecular complexity index is 407. The monoisotopic (exact) mass is 289 g/mol. The van der Waals surface area contributed by atoms with Gasteiger partial charge in [-0.2, -0.15) is 0 Å². The number of hydrogen-bond acceptors (Lipinski definition) is 2. The van der Waals surface area contributed by atoms with Crippen LogP contribution >= 0.6 is 15.9 Å². The van der Waals surface area contributed by atoms with Gasteiger partial charge in [0.1, 0.15) is 5.82 Å². The highest BCUT2D eigenvalue weighted by Gasteiger charge is 2.26. The first-order valence-electron chi connectivity index (χ1n) is 4.75. The smallest absolute Gasteiger partial charge is 0.310 e. The molecule has 0 aliphatic carbocycles. The molecule has 0 fully saturated rings. The molecular formula is C11H13BrFNO2. The maximum atomic E-state index is 12.9. The summed E-state index contributed by atoms with van der Waals surface area (Å²) >= 11 is 3.26. The molecule has 0 radical (unpaired) electrons. The second-order valence-electron chi connectivity index (χ2n) is 4.17. The number of carboxylic acids is 1. The van der Waals surface area contributed by atoms with Crippen molar-refractivity contribution in [2.24, 2.45) is 5.41 Å². The first-order valence-corrected chi connectivity index (χ1v) is 5.54. The Hall–Kier alpha value is -1.10. The van der Waals surface area contributed by atoms with Crippen LogP contribution in [0.15, 0.2) is 22.7 Å². The zero-order chi connectivity index (χ0) is 12.3. The highest BCUT2D eigenvalue weighted by atomic mass is 79.9. The lowest BCUT2D eigenvalue weighted by atomic mass is 9.94. The Labute approximate surface area is 102 Å². The van der Waals surface area contributed by atoms with Gasteiger partial charge in [0.15, 0.2) is 0 Å². The van der Waals surface area contributed by atoms with Crippen LogP contribution in [0.3, 0.4) is 0 Å². The summed E-state index contributed by atoms with van der Waals surface area (Å²) in [4.78, 5) is 10.9. The van der Waals surface area contributed by atoms with Crippen molar-refractivity contribution in [1.29, 1.82) is 0 Å². The predicted octanol–water partition coefficient (Wildman–Crippen LogP) is 3.11. The molecule has 0 spiro atoms. The van der Waals surface area contributed by atoms with E-state index >= 15 is 0 Å². The fraction of sp³-hybridized carbons (Fsp3) is 0.364. The van der Waals surface area contributed by atoms with E-state index in [0.29, 0.717) is 10.2 Å². The number of carboxylic acid groups (broad SMARTS) is 1. The SMILES string of the molecule is CC(C)(CNc1cc(F)ccc1Br)C(=O)O. The van der Waals surface area contributed by atoms with Crippen LogP contribution in [0.25, 0.3) is 0 Å². The van der Waals surface area contributed by atoms with Gasteiger partial charge in [0.25, 0.3) is 0 Å². The van der Waals surface area contributed by atoms with Crippen molar-refractivity contribution in [3.63, 3.8) is 0 Å². The van der Waals surface area contributed by atoms with E-state index < -0.39 is 11.4 Å². The molecule has 0 aromatic heterocycles. The lowest BCUT2D eigenvalue weighted by Crippen LogP contribution is -2.31. The summed E-state index contributed by atoms with van der Waals surface area (Å²) in [5, 5.41) is 11.8. The summed E-state index contributed by atoms with van der Waals surface area (Å²) in [5.74, 6) is -1.26. The molecule has 0 unspecified atom stereocenters. The number of carbonyl (C=O) groups is 1. The molecule has 0 amide bonds. The van der Waals surface area contributed by atoms with Crippen molar-refractivity contribution in [2.45, 2.75) is 13.8 Å². The zero-order valence-electron chi connectivity index (χ0n) is 9.05. The fourth-order valence-corrected chi connectivity index (χ4v) is 1.41. The van der Waals surface area contributed by atoms with E-state index in [9.17, 15) is 9.18 Å². The van der Waals surface area contributed by atoms with E-state index in [0.717, 1.165) is 0 Å². The quantitative estimate of drug-likeness (QED) is 0.895. The third-order valence-electron chi connectivity index (χ3n) is 2.23. The number of nitrogens with one attached hydrogen (secondary N) is 1. The number of anilines is 1. The van der Waals surface area contributed by atoms with Crippen molar-refractivity contribution in [3.05, 3.63) is 28.5 Å². The third kappa shape index (κ3) is 3.20. The summed E-state index contributed by atoms with van der Waals surface area (Å²) in [6.07, 6.45) is 0. The maximum Gasteiger partial charge on any atom is 0.310 e. The molecule has 0 aliphatic rings. The van der Waals surface area contributed by atoms with Crippen LogP contribution in [0.4, 0.5) is 10.1 Å². The van der Waals surface area contributed by atoms with E-state index in [1.807, 2.05) is 0 Å². The van der Waals surface area contributed by atoms with E-state index in [1.54, 1.807) is 19.9 Å². The Morgan fingerprint density at radius 1 is 1.56 bits per heavy atom. The minimum absolute atomic E-state index is 0.227. The normalized spacial score (nSPS) is 11.2. The van der Waals surface area contributed by atoms with Crippen molar-refractivity contribution >= 4 is 27.6 Å². The van der Waals surface area contributed by atoms with Crippen LogP contribution in [0.1, 0.15) is 13.8 Å². The lowest BCUT2D eigenvalue weighted by molar-refractivity contribution is -0.146. The molecule has 5 heteroatoms. The molecule has 2 N–H and O–H groups in total. The van der Waals surface area contributed by atoms with Gasteiger partial charge >= 0.3 is 5.97 Å². The molecule has 0 aliphatic heterocycles. The summed E-state index contributed by atoms with van der Waals surface area (Å²) in [7, 11) is 0. The highest BCUT2D eigenvalue weighted by molar-refractivity contribution is 9.10. The van der Waals surface area contributed by atoms with Gasteiger partial charge in [0, 0.05) is 11.0 Å². The molecule has 0 heterocycles. The number of rotatable bonds is 4. The van der Waals surface area contributed by atoms with Crippen LogP contribution in [0, 0.1) is 11.2 Å². The number of halogens is 2. The van der Waals surface area contributed by atoms with Crippen LogP contribution in [0.2, 0.25) is 0 Å². The number of aliphatic carboxylic acids is 1. The lowest BCUT2D eigenvalue weighted by Gasteiger charge is -2.20. The predicted molar refractivity (Wildman–Crippen MR) is 64.0 cm³/mol. The first-order chi connectivity index (χ1) is 7.33. The second kappa shape index (κ2) is 4.82. The summed E-state index contributed by atoms with van der Waals surface area (Å²) < 4.78 is 13.7. The van der Waals surface area contributed by atoms with Crippen LogP contribution in [-0.2, 0) is 4.79 Å². The Morgan fingerprint density at radius 3 is 2.75 bits per heavy atom. The number of hydrogen-bond donors (Lipinski definition) is 2. The highest BCUT2D eigenvalue weighted by Crippen LogP contribution is 2.25. The topological polar surface area (TPSA) is 49.3 Å². The van der Waals surface area contributed by atoms with Crippen molar-refractivity contribution in [3.8, 4) is 0 Å². The second-order valence-corrected chi connectivity index (χ2v) is 5.02. The minimum Gasteiger partial charge on any atom is -0.481 e. The van der Waals surface area contributed by atoms with E-state index in [1.165, 1.54) is 12.1 Å². The molecule has 0 saturated carbocycles. The molecule has 1 aromatic carbocycles. The maximum absolute atomic E-state index is 12.9. The molecule has 0 bridgehead atoms. The molecule has 16 heavy (non-hydrogen) atoms. The Morgan fingerprint density at radius 2 is 2.19 bits per heavy atom. The number of benzene rings is 1. The largest absolute Gasteiger partial charge is 0.481 e. The third-order valence-corrected chi connectivity index (χ3v) is 2.92. The van der Waals surface area contributed by atoms with Gasteiger partial charge in [-0.3, -0.25) is 4.79 Å². The fourth-order valence-electron chi connectivity index (χ4n) is 1.02. The van der Waals surface area contributed by atoms with E-state index in [4.69, 9.17) is 5.11 Å². The van der Waals surface area contributed by atoms with Gasteiger partial charge < -0.3 is 10.4 Å². The molecule has 1 aromatic rings. The average Bonchev–Trinajstić information content (AvgIpc) is 2.19. The van der Waals surface area contributed by atoms with Crippen LogP contribution in [0.5, 0.6) is 0 Å². The Balaban J connectivity index is 2.75. The van der Waals surface area contributed by atoms with Crippen molar-refractivity contribution in [2.75, 3.05) is 11.9 Å². The average molecular weight is 290 g/mol.